The van der Waals surface area contributed by atoms with Gasteiger partial charge < -0.3 is 9.64 Å². The van der Waals surface area contributed by atoms with Gasteiger partial charge in [-0.2, -0.15) is 0 Å². The average molecular weight is 327 g/mol. The van der Waals surface area contributed by atoms with Gasteiger partial charge in [0, 0.05) is 18.0 Å². The highest BCUT2D eigenvalue weighted by molar-refractivity contribution is 7.14. The maximum absolute atomic E-state index is 12.9. The lowest BCUT2D eigenvalue weighted by molar-refractivity contribution is 0.0739. The number of nitrogens with zero attached hydrogens (tertiary/aromatic N) is 1. The third kappa shape index (κ3) is 2.76. The van der Waals surface area contributed by atoms with E-state index in [0.29, 0.717) is 6.54 Å². The van der Waals surface area contributed by atoms with Gasteiger partial charge in [-0.05, 0) is 67.0 Å². The number of carbonyl (C=O) groups is 1. The van der Waals surface area contributed by atoms with Crippen LogP contribution in [0, 0.1) is 0 Å². The number of fused-ring (bicyclic) bond motifs is 2. The van der Waals surface area contributed by atoms with Crippen LogP contribution in [0.1, 0.15) is 44.1 Å². The quantitative estimate of drug-likeness (QED) is 0.839. The summed E-state index contributed by atoms with van der Waals surface area (Å²) in [4.78, 5) is 17.2. The van der Waals surface area contributed by atoms with E-state index in [0.717, 1.165) is 36.4 Å². The Morgan fingerprint density at radius 1 is 1.09 bits per heavy atom. The monoisotopic (exact) mass is 327 g/mol. The predicted molar refractivity (Wildman–Crippen MR) is 92.4 cm³/mol. The summed E-state index contributed by atoms with van der Waals surface area (Å²) in [5, 5.41) is 0. The number of thiophene rings is 1. The summed E-state index contributed by atoms with van der Waals surface area (Å²) < 4.78 is 5.31. The minimum atomic E-state index is 0.192. The molecule has 0 bridgehead atoms. The molecule has 0 spiro atoms. The van der Waals surface area contributed by atoms with Crippen LogP contribution in [0.5, 0.6) is 5.75 Å². The SMILES string of the molecule is COc1ccc2c(c1)CN(C(=O)c1cc3c(s1)CCCC3)CC2. The first-order valence-electron chi connectivity index (χ1n) is 8.31. The molecule has 1 aliphatic heterocycles. The van der Waals surface area contributed by atoms with Crippen LogP contribution in [-0.2, 0) is 25.8 Å². The molecule has 2 aromatic rings. The van der Waals surface area contributed by atoms with Gasteiger partial charge in [-0.1, -0.05) is 6.07 Å². The molecule has 120 valence electrons. The first-order valence-corrected chi connectivity index (χ1v) is 9.13. The third-order valence-corrected chi connectivity index (χ3v) is 6.15. The summed E-state index contributed by atoms with van der Waals surface area (Å²) in [5.41, 5.74) is 3.95. The van der Waals surface area contributed by atoms with Gasteiger partial charge in [-0.15, -0.1) is 11.3 Å². The fourth-order valence-corrected chi connectivity index (χ4v) is 4.81. The van der Waals surface area contributed by atoms with Gasteiger partial charge in [0.25, 0.3) is 5.91 Å². The molecule has 1 aromatic carbocycles. The molecule has 1 aromatic heterocycles. The van der Waals surface area contributed by atoms with Crippen LogP contribution in [-0.4, -0.2) is 24.5 Å². The van der Waals surface area contributed by atoms with E-state index in [-0.39, 0.29) is 5.91 Å². The second-order valence-corrected chi connectivity index (χ2v) is 7.51. The number of methoxy groups -OCH3 is 1. The van der Waals surface area contributed by atoms with Crippen molar-refractivity contribution in [2.75, 3.05) is 13.7 Å². The Morgan fingerprint density at radius 3 is 2.78 bits per heavy atom. The van der Waals surface area contributed by atoms with E-state index < -0.39 is 0 Å². The lowest BCUT2D eigenvalue weighted by atomic mass is 9.98. The molecule has 2 heterocycles. The summed E-state index contributed by atoms with van der Waals surface area (Å²) in [6.07, 6.45) is 5.73. The molecule has 2 aliphatic rings. The average Bonchev–Trinajstić information content (AvgIpc) is 3.04. The molecule has 3 nitrogen and oxygen atoms in total. The van der Waals surface area contributed by atoms with Crippen LogP contribution >= 0.6 is 11.3 Å². The zero-order valence-corrected chi connectivity index (χ0v) is 14.2. The van der Waals surface area contributed by atoms with E-state index in [1.165, 1.54) is 34.4 Å². The second kappa shape index (κ2) is 6.00. The topological polar surface area (TPSA) is 29.5 Å². The largest absolute Gasteiger partial charge is 0.497 e. The minimum absolute atomic E-state index is 0.192. The first-order chi connectivity index (χ1) is 11.2. The fourth-order valence-electron chi connectivity index (χ4n) is 3.59. The number of hydrogen-bond donors (Lipinski definition) is 0. The first kappa shape index (κ1) is 14.8. The van der Waals surface area contributed by atoms with Gasteiger partial charge in [0.15, 0.2) is 0 Å². The molecule has 1 aliphatic carbocycles. The molecule has 4 rings (SSSR count). The van der Waals surface area contributed by atoms with Crippen LogP contribution in [0.15, 0.2) is 24.3 Å². The van der Waals surface area contributed by atoms with E-state index in [4.69, 9.17) is 4.74 Å². The van der Waals surface area contributed by atoms with Gasteiger partial charge in [0.05, 0.1) is 12.0 Å². The van der Waals surface area contributed by atoms with E-state index in [1.807, 2.05) is 11.0 Å². The highest BCUT2D eigenvalue weighted by Crippen LogP contribution is 2.31. The highest BCUT2D eigenvalue weighted by Gasteiger charge is 2.25. The number of aryl methyl sites for hydroxylation is 2. The van der Waals surface area contributed by atoms with Crippen molar-refractivity contribution in [2.24, 2.45) is 0 Å². The molecule has 0 saturated carbocycles. The van der Waals surface area contributed by atoms with Crippen LogP contribution in [0.3, 0.4) is 0 Å². The molecule has 1 amide bonds. The summed E-state index contributed by atoms with van der Waals surface area (Å²) >= 11 is 1.71. The molecule has 0 saturated heterocycles. The Morgan fingerprint density at radius 2 is 1.96 bits per heavy atom. The van der Waals surface area contributed by atoms with Crippen molar-refractivity contribution >= 4 is 17.2 Å². The van der Waals surface area contributed by atoms with Crippen LogP contribution in [0.4, 0.5) is 0 Å². The van der Waals surface area contributed by atoms with Crippen LogP contribution in [0.25, 0.3) is 0 Å². The Balaban J connectivity index is 1.56. The molecule has 0 radical (unpaired) electrons. The van der Waals surface area contributed by atoms with Gasteiger partial charge in [-0.3, -0.25) is 4.79 Å². The second-order valence-electron chi connectivity index (χ2n) is 6.38. The van der Waals surface area contributed by atoms with E-state index >= 15 is 0 Å². The lowest BCUT2D eigenvalue weighted by Crippen LogP contribution is -2.35. The van der Waals surface area contributed by atoms with Crippen molar-refractivity contribution in [3.63, 3.8) is 0 Å². The molecular formula is C19H21NO2S. The van der Waals surface area contributed by atoms with Gasteiger partial charge >= 0.3 is 0 Å². The van der Waals surface area contributed by atoms with Crippen molar-refractivity contribution in [2.45, 2.75) is 38.6 Å². The number of hydrogen-bond acceptors (Lipinski definition) is 3. The maximum atomic E-state index is 12.9. The minimum Gasteiger partial charge on any atom is -0.497 e. The third-order valence-electron chi connectivity index (χ3n) is 4.92. The molecule has 0 unspecified atom stereocenters. The summed E-state index contributed by atoms with van der Waals surface area (Å²) in [7, 11) is 1.68. The highest BCUT2D eigenvalue weighted by atomic mass is 32.1. The van der Waals surface area contributed by atoms with Crippen molar-refractivity contribution < 1.29 is 9.53 Å². The fraction of sp³-hybridized carbons (Fsp3) is 0.421. The Labute approximate surface area is 140 Å². The predicted octanol–water partition coefficient (Wildman–Crippen LogP) is 3.83. The number of carbonyl (C=O) groups excluding carboxylic acids is 1. The number of benzene rings is 1. The molecule has 0 atom stereocenters. The summed E-state index contributed by atoms with van der Waals surface area (Å²) in [6, 6.07) is 8.33. The van der Waals surface area contributed by atoms with Crippen molar-refractivity contribution in [3.8, 4) is 5.75 Å². The zero-order valence-electron chi connectivity index (χ0n) is 13.4. The number of ether oxygens (including phenoxy) is 1. The Kier molecular flexibility index (Phi) is 3.85. The summed E-state index contributed by atoms with van der Waals surface area (Å²) in [5.74, 6) is 1.06. The molecule has 4 heteroatoms. The van der Waals surface area contributed by atoms with Crippen molar-refractivity contribution in [1.29, 1.82) is 0 Å². The van der Waals surface area contributed by atoms with E-state index in [9.17, 15) is 4.79 Å². The van der Waals surface area contributed by atoms with Crippen molar-refractivity contribution in [1.82, 2.24) is 4.90 Å². The number of amides is 1. The number of rotatable bonds is 2. The molecular weight excluding hydrogens is 306 g/mol. The van der Waals surface area contributed by atoms with Crippen LogP contribution in [0.2, 0.25) is 0 Å². The van der Waals surface area contributed by atoms with Crippen LogP contribution < -0.4 is 4.74 Å². The standard InChI is InChI=1S/C19H21NO2S/c1-22-16-7-6-13-8-9-20(12-15(13)10-16)19(21)18-11-14-4-2-3-5-17(14)23-18/h6-7,10-11H,2-5,8-9,12H2,1H3. The Hall–Kier alpha value is -1.81. The van der Waals surface area contributed by atoms with Crippen molar-refractivity contribution in [3.05, 3.63) is 50.7 Å². The maximum Gasteiger partial charge on any atom is 0.264 e. The Bertz CT molecular complexity index is 726. The lowest BCUT2D eigenvalue weighted by Gasteiger charge is -2.28. The van der Waals surface area contributed by atoms with Gasteiger partial charge in [0.1, 0.15) is 5.75 Å². The summed E-state index contributed by atoms with van der Waals surface area (Å²) in [6.45, 7) is 1.49. The van der Waals surface area contributed by atoms with Gasteiger partial charge in [-0.25, -0.2) is 0 Å². The normalized spacial score (nSPS) is 16.7. The van der Waals surface area contributed by atoms with Gasteiger partial charge in [0.2, 0.25) is 0 Å². The smallest absolute Gasteiger partial charge is 0.264 e. The van der Waals surface area contributed by atoms with E-state index in [2.05, 4.69) is 18.2 Å². The zero-order chi connectivity index (χ0) is 15.8. The molecule has 0 N–H and O–H groups in total. The molecule has 0 fully saturated rings. The molecule has 23 heavy (non-hydrogen) atoms. The van der Waals surface area contributed by atoms with E-state index in [1.54, 1.807) is 18.4 Å².